The number of rotatable bonds is 4. The molecule has 0 atom stereocenters. The zero-order chi connectivity index (χ0) is 14.7. The van der Waals surface area contributed by atoms with Crippen LogP contribution in [0.4, 0.5) is 0 Å². The van der Waals surface area contributed by atoms with Gasteiger partial charge in [-0.25, -0.2) is 4.79 Å². The van der Waals surface area contributed by atoms with Crippen LogP contribution in [0.3, 0.4) is 0 Å². The molecular weight excluding hydrogens is 274 g/mol. The fourth-order valence-electron chi connectivity index (χ4n) is 2.19. The van der Waals surface area contributed by atoms with E-state index in [1.807, 2.05) is 16.8 Å². The van der Waals surface area contributed by atoms with Gasteiger partial charge in [-0.05, 0) is 48.7 Å². The molecule has 20 heavy (non-hydrogen) atoms. The van der Waals surface area contributed by atoms with Gasteiger partial charge in [-0.15, -0.1) is 0 Å². The number of carbonyl (C=O) groups excluding carboxylic acids is 1. The summed E-state index contributed by atoms with van der Waals surface area (Å²) in [6.45, 7) is 6.11. The first kappa shape index (κ1) is 14.5. The Morgan fingerprint density at radius 2 is 2.15 bits per heavy atom. The van der Waals surface area contributed by atoms with Crippen LogP contribution in [0.15, 0.2) is 27.7 Å². The standard InChI is InChI=1S/C15H17NO3S/c1-4-19-15(18)14-10(2)7-13(17)16(11(14)3)8-12-5-6-20-9-12/h5-7,9H,4,8H2,1-3H3. The summed E-state index contributed by atoms with van der Waals surface area (Å²) in [5, 5.41) is 3.96. The lowest BCUT2D eigenvalue weighted by Gasteiger charge is -2.15. The van der Waals surface area contributed by atoms with Gasteiger partial charge in [0.05, 0.1) is 18.7 Å². The minimum Gasteiger partial charge on any atom is -0.462 e. The van der Waals surface area contributed by atoms with Crippen molar-refractivity contribution in [1.82, 2.24) is 4.57 Å². The Morgan fingerprint density at radius 1 is 1.40 bits per heavy atom. The van der Waals surface area contributed by atoms with Crippen molar-refractivity contribution in [3.8, 4) is 0 Å². The van der Waals surface area contributed by atoms with Crippen LogP contribution in [0.2, 0.25) is 0 Å². The fourth-order valence-corrected chi connectivity index (χ4v) is 2.85. The zero-order valence-corrected chi connectivity index (χ0v) is 12.6. The minimum absolute atomic E-state index is 0.0979. The van der Waals surface area contributed by atoms with Crippen molar-refractivity contribution in [2.45, 2.75) is 27.3 Å². The van der Waals surface area contributed by atoms with Crippen molar-refractivity contribution in [3.05, 3.63) is 55.6 Å². The lowest BCUT2D eigenvalue weighted by molar-refractivity contribution is 0.0523. The molecule has 106 valence electrons. The quantitative estimate of drug-likeness (QED) is 0.814. The van der Waals surface area contributed by atoms with Gasteiger partial charge in [0.2, 0.25) is 0 Å². The van der Waals surface area contributed by atoms with Gasteiger partial charge in [0.15, 0.2) is 0 Å². The molecule has 0 radical (unpaired) electrons. The molecule has 5 heteroatoms. The van der Waals surface area contributed by atoms with Crippen LogP contribution >= 0.6 is 11.3 Å². The van der Waals surface area contributed by atoms with E-state index in [9.17, 15) is 9.59 Å². The molecule has 0 N–H and O–H groups in total. The molecule has 4 nitrogen and oxygen atoms in total. The summed E-state index contributed by atoms with van der Waals surface area (Å²) in [4.78, 5) is 24.2. The summed E-state index contributed by atoms with van der Waals surface area (Å²) in [7, 11) is 0. The first-order valence-electron chi connectivity index (χ1n) is 6.43. The molecule has 0 saturated heterocycles. The van der Waals surface area contributed by atoms with Crippen molar-refractivity contribution in [2.24, 2.45) is 0 Å². The molecule has 0 spiro atoms. The van der Waals surface area contributed by atoms with E-state index in [-0.39, 0.29) is 11.5 Å². The Balaban J connectivity index is 2.49. The van der Waals surface area contributed by atoms with Crippen molar-refractivity contribution >= 4 is 17.3 Å². The number of pyridine rings is 1. The third-order valence-corrected chi connectivity index (χ3v) is 3.90. The molecule has 2 heterocycles. The fraction of sp³-hybridized carbons (Fsp3) is 0.333. The first-order chi connectivity index (χ1) is 9.54. The van der Waals surface area contributed by atoms with Crippen molar-refractivity contribution in [1.29, 1.82) is 0 Å². The smallest absolute Gasteiger partial charge is 0.340 e. The Labute approximate surface area is 121 Å². The van der Waals surface area contributed by atoms with E-state index in [2.05, 4.69) is 0 Å². The van der Waals surface area contributed by atoms with E-state index in [1.54, 1.807) is 36.7 Å². The molecule has 0 amide bonds. The van der Waals surface area contributed by atoms with Crippen molar-refractivity contribution in [2.75, 3.05) is 6.61 Å². The number of carbonyl (C=O) groups is 1. The highest BCUT2D eigenvalue weighted by Gasteiger charge is 2.17. The predicted octanol–water partition coefficient (Wildman–Crippen LogP) is 2.75. The summed E-state index contributed by atoms with van der Waals surface area (Å²) in [5.41, 5.74) is 2.76. The number of aromatic nitrogens is 1. The molecule has 0 aliphatic rings. The Bertz CT molecular complexity index is 671. The number of hydrogen-bond donors (Lipinski definition) is 0. The number of thiophene rings is 1. The monoisotopic (exact) mass is 291 g/mol. The second kappa shape index (κ2) is 6.05. The second-order valence-electron chi connectivity index (χ2n) is 4.56. The van der Waals surface area contributed by atoms with Gasteiger partial charge in [-0.1, -0.05) is 0 Å². The van der Waals surface area contributed by atoms with Gasteiger partial charge in [-0.3, -0.25) is 4.79 Å². The average Bonchev–Trinajstić information content (AvgIpc) is 2.87. The zero-order valence-electron chi connectivity index (χ0n) is 11.8. The number of aryl methyl sites for hydroxylation is 1. The van der Waals surface area contributed by atoms with Gasteiger partial charge in [0.25, 0.3) is 5.56 Å². The summed E-state index contributed by atoms with van der Waals surface area (Å²) in [6.07, 6.45) is 0. The van der Waals surface area contributed by atoms with Gasteiger partial charge in [0, 0.05) is 11.8 Å². The lowest BCUT2D eigenvalue weighted by atomic mass is 10.1. The Hall–Kier alpha value is -1.88. The van der Waals surface area contributed by atoms with Crippen LogP contribution in [0.25, 0.3) is 0 Å². The van der Waals surface area contributed by atoms with E-state index in [4.69, 9.17) is 4.74 Å². The molecular formula is C15H17NO3S. The van der Waals surface area contributed by atoms with Gasteiger partial charge in [0.1, 0.15) is 0 Å². The first-order valence-corrected chi connectivity index (χ1v) is 7.38. The second-order valence-corrected chi connectivity index (χ2v) is 5.34. The lowest BCUT2D eigenvalue weighted by Crippen LogP contribution is -2.26. The van der Waals surface area contributed by atoms with E-state index in [0.29, 0.717) is 30.0 Å². The minimum atomic E-state index is -0.374. The number of hydrogen-bond acceptors (Lipinski definition) is 4. The number of nitrogens with zero attached hydrogens (tertiary/aromatic N) is 1. The highest BCUT2D eigenvalue weighted by molar-refractivity contribution is 7.07. The summed E-state index contributed by atoms with van der Waals surface area (Å²) in [5.74, 6) is -0.374. The number of esters is 1. The topological polar surface area (TPSA) is 48.3 Å². The van der Waals surface area contributed by atoms with E-state index in [0.717, 1.165) is 5.56 Å². The van der Waals surface area contributed by atoms with E-state index in [1.165, 1.54) is 6.07 Å². The number of ether oxygens (including phenoxy) is 1. The average molecular weight is 291 g/mol. The molecule has 0 saturated carbocycles. The van der Waals surface area contributed by atoms with Crippen LogP contribution in [0.1, 0.15) is 34.1 Å². The third-order valence-electron chi connectivity index (χ3n) is 3.17. The van der Waals surface area contributed by atoms with E-state index < -0.39 is 0 Å². The van der Waals surface area contributed by atoms with Crippen LogP contribution < -0.4 is 5.56 Å². The van der Waals surface area contributed by atoms with Crippen molar-refractivity contribution in [3.63, 3.8) is 0 Å². The summed E-state index contributed by atoms with van der Waals surface area (Å²) >= 11 is 1.59. The summed E-state index contributed by atoms with van der Waals surface area (Å²) in [6, 6.07) is 3.46. The highest BCUT2D eigenvalue weighted by Crippen LogP contribution is 2.15. The molecule has 0 unspecified atom stereocenters. The molecule has 0 aliphatic carbocycles. The third kappa shape index (κ3) is 2.82. The molecule has 0 fully saturated rings. The van der Waals surface area contributed by atoms with Crippen LogP contribution in [-0.2, 0) is 11.3 Å². The van der Waals surface area contributed by atoms with E-state index >= 15 is 0 Å². The summed E-state index contributed by atoms with van der Waals surface area (Å²) < 4.78 is 6.68. The molecule has 2 rings (SSSR count). The Morgan fingerprint density at radius 3 is 2.75 bits per heavy atom. The van der Waals surface area contributed by atoms with Crippen LogP contribution in [0.5, 0.6) is 0 Å². The van der Waals surface area contributed by atoms with Gasteiger partial charge in [-0.2, -0.15) is 11.3 Å². The molecule has 0 aliphatic heterocycles. The normalized spacial score (nSPS) is 10.6. The molecule has 2 aromatic heterocycles. The van der Waals surface area contributed by atoms with Crippen molar-refractivity contribution < 1.29 is 9.53 Å². The van der Waals surface area contributed by atoms with Gasteiger partial charge >= 0.3 is 5.97 Å². The molecule has 2 aromatic rings. The highest BCUT2D eigenvalue weighted by atomic mass is 32.1. The maximum atomic E-state index is 12.1. The SMILES string of the molecule is CCOC(=O)c1c(C)cc(=O)n(Cc2ccsc2)c1C. The largest absolute Gasteiger partial charge is 0.462 e. The maximum absolute atomic E-state index is 12.1. The Kier molecular flexibility index (Phi) is 4.39. The van der Waals surface area contributed by atoms with Gasteiger partial charge < -0.3 is 9.30 Å². The molecule has 0 bridgehead atoms. The predicted molar refractivity (Wildman–Crippen MR) is 79.6 cm³/mol. The molecule has 0 aromatic carbocycles. The van der Waals surface area contributed by atoms with Crippen LogP contribution in [0, 0.1) is 13.8 Å². The van der Waals surface area contributed by atoms with Crippen LogP contribution in [-0.4, -0.2) is 17.1 Å². The maximum Gasteiger partial charge on any atom is 0.340 e.